The molecule has 0 amide bonds. The van der Waals surface area contributed by atoms with Crippen LogP contribution in [0.2, 0.25) is 24.8 Å². The van der Waals surface area contributed by atoms with Crippen LogP contribution in [0.25, 0.3) is 10.9 Å². The summed E-state index contributed by atoms with van der Waals surface area (Å²) in [6.07, 6.45) is 0. The lowest BCUT2D eigenvalue weighted by molar-refractivity contribution is 1.41. The number of fused-ring (bicyclic) bond motifs is 1. The van der Waals surface area contributed by atoms with Gasteiger partial charge in [-0.1, -0.05) is 48.6 Å². The summed E-state index contributed by atoms with van der Waals surface area (Å²) >= 11 is 5.89. The number of hydrogen-bond donors (Lipinski definition) is 0. The SMILES string of the molecule is C[Si](C)(C)c1ccc2ccc(Cl)nc2c1. The second kappa shape index (κ2) is 3.61. The first kappa shape index (κ1) is 10.6. The average molecular weight is 236 g/mol. The summed E-state index contributed by atoms with van der Waals surface area (Å²) in [7, 11) is -1.25. The van der Waals surface area contributed by atoms with Crippen molar-refractivity contribution >= 4 is 35.8 Å². The van der Waals surface area contributed by atoms with E-state index in [2.05, 4.69) is 42.8 Å². The van der Waals surface area contributed by atoms with Gasteiger partial charge in [0, 0.05) is 5.39 Å². The summed E-state index contributed by atoms with van der Waals surface area (Å²) in [5.41, 5.74) is 1.00. The summed E-state index contributed by atoms with van der Waals surface area (Å²) in [6.45, 7) is 7.00. The minimum absolute atomic E-state index is 0.565. The van der Waals surface area contributed by atoms with Crippen LogP contribution in [-0.2, 0) is 0 Å². The molecule has 0 spiro atoms. The summed E-state index contributed by atoms with van der Waals surface area (Å²) < 4.78 is 0. The van der Waals surface area contributed by atoms with Crippen molar-refractivity contribution in [3.63, 3.8) is 0 Å². The Morgan fingerprint density at radius 1 is 1.07 bits per heavy atom. The molecule has 0 radical (unpaired) electrons. The van der Waals surface area contributed by atoms with E-state index in [0.717, 1.165) is 10.9 Å². The third kappa shape index (κ3) is 2.21. The highest BCUT2D eigenvalue weighted by Gasteiger charge is 2.16. The highest BCUT2D eigenvalue weighted by atomic mass is 35.5. The van der Waals surface area contributed by atoms with Gasteiger partial charge < -0.3 is 0 Å². The average Bonchev–Trinajstić information content (AvgIpc) is 2.15. The van der Waals surface area contributed by atoms with Gasteiger partial charge in [-0.05, 0) is 18.2 Å². The van der Waals surface area contributed by atoms with Crippen molar-refractivity contribution in [1.29, 1.82) is 0 Å². The van der Waals surface area contributed by atoms with Crippen molar-refractivity contribution in [1.82, 2.24) is 4.98 Å². The smallest absolute Gasteiger partial charge is 0.129 e. The first-order chi connectivity index (χ1) is 6.97. The molecule has 0 atom stereocenters. The van der Waals surface area contributed by atoms with E-state index in [9.17, 15) is 0 Å². The number of aromatic nitrogens is 1. The van der Waals surface area contributed by atoms with Gasteiger partial charge in [0.2, 0.25) is 0 Å². The number of hydrogen-bond acceptors (Lipinski definition) is 1. The molecule has 1 nitrogen and oxygen atoms in total. The van der Waals surface area contributed by atoms with Gasteiger partial charge in [0.1, 0.15) is 5.15 Å². The third-order valence-electron chi connectivity index (χ3n) is 2.52. The van der Waals surface area contributed by atoms with Crippen LogP contribution in [0.5, 0.6) is 0 Å². The number of rotatable bonds is 1. The molecule has 0 aliphatic heterocycles. The minimum atomic E-state index is -1.25. The maximum Gasteiger partial charge on any atom is 0.129 e. The van der Waals surface area contributed by atoms with Crippen LogP contribution in [0, 0.1) is 0 Å². The van der Waals surface area contributed by atoms with E-state index in [1.165, 1.54) is 5.19 Å². The monoisotopic (exact) mass is 235 g/mol. The second-order valence-electron chi connectivity index (χ2n) is 4.79. The molecule has 0 saturated carbocycles. The first-order valence-electron chi connectivity index (χ1n) is 5.03. The molecule has 0 N–H and O–H groups in total. The zero-order valence-corrected chi connectivity index (χ0v) is 11.0. The molecule has 0 unspecified atom stereocenters. The Morgan fingerprint density at radius 2 is 1.73 bits per heavy atom. The van der Waals surface area contributed by atoms with Crippen LogP contribution in [-0.4, -0.2) is 13.1 Å². The summed E-state index contributed by atoms with van der Waals surface area (Å²) in [5.74, 6) is 0. The molecule has 1 aromatic carbocycles. The molecule has 2 rings (SSSR count). The maximum atomic E-state index is 5.89. The van der Waals surface area contributed by atoms with Crippen LogP contribution in [0.15, 0.2) is 30.3 Å². The van der Waals surface area contributed by atoms with Gasteiger partial charge >= 0.3 is 0 Å². The summed E-state index contributed by atoms with van der Waals surface area (Å²) in [4.78, 5) is 4.34. The molecule has 78 valence electrons. The topological polar surface area (TPSA) is 12.9 Å². The molecule has 0 saturated heterocycles. The quantitative estimate of drug-likeness (QED) is 0.545. The Labute approximate surface area is 96.1 Å². The number of halogens is 1. The Kier molecular flexibility index (Phi) is 2.57. The summed E-state index contributed by atoms with van der Waals surface area (Å²) in [5, 5.41) is 3.14. The normalized spacial score (nSPS) is 12.0. The summed E-state index contributed by atoms with van der Waals surface area (Å²) in [6, 6.07) is 10.4. The second-order valence-corrected chi connectivity index (χ2v) is 10.3. The van der Waals surface area contributed by atoms with Gasteiger partial charge in [-0.25, -0.2) is 4.98 Å². The number of benzene rings is 1. The number of nitrogens with zero attached hydrogens (tertiary/aromatic N) is 1. The van der Waals surface area contributed by atoms with Gasteiger partial charge in [0.05, 0.1) is 13.6 Å². The predicted octanol–water partition coefficient (Wildman–Crippen LogP) is 3.43. The van der Waals surface area contributed by atoms with Crippen molar-refractivity contribution in [2.24, 2.45) is 0 Å². The van der Waals surface area contributed by atoms with E-state index in [1.807, 2.05) is 12.1 Å². The molecule has 0 aliphatic rings. The zero-order valence-electron chi connectivity index (χ0n) is 9.21. The molecule has 15 heavy (non-hydrogen) atoms. The molecule has 0 aliphatic carbocycles. The van der Waals surface area contributed by atoms with Crippen LogP contribution in [0.3, 0.4) is 0 Å². The van der Waals surface area contributed by atoms with Crippen molar-refractivity contribution in [2.45, 2.75) is 19.6 Å². The van der Waals surface area contributed by atoms with Crippen molar-refractivity contribution in [2.75, 3.05) is 0 Å². The van der Waals surface area contributed by atoms with Gasteiger partial charge in [-0.2, -0.15) is 0 Å². The molecule has 1 aromatic heterocycles. The van der Waals surface area contributed by atoms with Gasteiger partial charge in [0.15, 0.2) is 0 Å². The highest BCUT2D eigenvalue weighted by Crippen LogP contribution is 2.15. The van der Waals surface area contributed by atoms with Crippen LogP contribution in [0.1, 0.15) is 0 Å². The maximum absolute atomic E-state index is 5.89. The molecule has 0 fully saturated rings. The van der Waals surface area contributed by atoms with Gasteiger partial charge in [-0.3, -0.25) is 0 Å². The fourth-order valence-electron chi connectivity index (χ4n) is 1.56. The molecule has 0 bridgehead atoms. The first-order valence-corrected chi connectivity index (χ1v) is 8.91. The molecule has 1 heterocycles. The Bertz CT molecular complexity index is 502. The van der Waals surface area contributed by atoms with Crippen molar-refractivity contribution < 1.29 is 0 Å². The van der Waals surface area contributed by atoms with Crippen LogP contribution in [0.4, 0.5) is 0 Å². The van der Waals surface area contributed by atoms with E-state index in [0.29, 0.717) is 5.15 Å². The standard InChI is InChI=1S/C12H14ClNSi/c1-15(2,3)10-6-4-9-5-7-12(13)14-11(9)8-10/h4-8H,1-3H3. The van der Waals surface area contributed by atoms with Crippen molar-refractivity contribution in [3.05, 3.63) is 35.5 Å². The molecular weight excluding hydrogens is 222 g/mol. The van der Waals surface area contributed by atoms with Gasteiger partial charge in [-0.15, -0.1) is 0 Å². The lowest BCUT2D eigenvalue weighted by atomic mass is 10.2. The van der Waals surface area contributed by atoms with Crippen molar-refractivity contribution in [3.8, 4) is 0 Å². The van der Waals surface area contributed by atoms with E-state index in [1.54, 1.807) is 0 Å². The van der Waals surface area contributed by atoms with E-state index < -0.39 is 8.07 Å². The lowest BCUT2D eigenvalue weighted by Crippen LogP contribution is -2.37. The van der Waals surface area contributed by atoms with E-state index >= 15 is 0 Å². The predicted molar refractivity (Wildman–Crippen MR) is 69.7 cm³/mol. The highest BCUT2D eigenvalue weighted by molar-refractivity contribution is 6.88. The van der Waals surface area contributed by atoms with E-state index in [4.69, 9.17) is 11.6 Å². The van der Waals surface area contributed by atoms with Crippen LogP contribution >= 0.6 is 11.6 Å². The van der Waals surface area contributed by atoms with E-state index in [-0.39, 0.29) is 0 Å². The Hall–Kier alpha value is -0.863. The molecule has 3 heteroatoms. The fourth-order valence-corrected chi connectivity index (χ4v) is 2.87. The molecular formula is C12H14ClNSi. The number of pyridine rings is 1. The van der Waals surface area contributed by atoms with Crippen LogP contribution < -0.4 is 5.19 Å². The lowest BCUT2D eigenvalue weighted by Gasteiger charge is -2.16. The Balaban J connectivity index is 2.64. The molecule has 2 aromatic rings. The largest absolute Gasteiger partial charge is 0.236 e. The fraction of sp³-hybridized carbons (Fsp3) is 0.250. The third-order valence-corrected chi connectivity index (χ3v) is 4.78. The minimum Gasteiger partial charge on any atom is -0.236 e. The zero-order chi connectivity index (χ0) is 11.1. The van der Waals surface area contributed by atoms with Gasteiger partial charge in [0.25, 0.3) is 0 Å². The Morgan fingerprint density at radius 3 is 2.40 bits per heavy atom.